The molecular weight excluding hydrogens is 380 g/mol. The molecule has 0 unspecified atom stereocenters. The summed E-state index contributed by atoms with van der Waals surface area (Å²) in [7, 11) is 6.32. The van der Waals surface area contributed by atoms with Crippen LogP contribution in [-0.2, 0) is 0 Å². The number of hydrogen-bond acceptors (Lipinski definition) is 9. The molecule has 1 aromatic heterocycles. The first kappa shape index (κ1) is 19.6. The van der Waals surface area contributed by atoms with Crippen LogP contribution in [0, 0.1) is 0 Å². The van der Waals surface area contributed by atoms with Crippen molar-refractivity contribution in [3.63, 3.8) is 0 Å². The van der Waals surface area contributed by atoms with Gasteiger partial charge in [0.05, 0.1) is 28.4 Å². The number of nitrogens with zero attached hydrogens (tertiary/aromatic N) is 3. The number of rotatable bonds is 8. The zero-order valence-corrected chi connectivity index (χ0v) is 16.7. The molecule has 0 saturated heterocycles. The molecule has 9 heteroatoms. The highest BCUT2D eigenvalue weighted by Gasteiger charge is 2.14. The van der Waals surface area contributed by atoms with Crippen LogP contribution in [0.3, 0.4) is 0 Å². The molecule has 0 atom stereocenters. The topological polar surface area (TPSA) is 87.6 Å². The van der Waals surface area contributed by atoms with Crippen LogP contribution in [0.4, 0.5) is 11.6 Å². The minimum absolute atomic E-state index is 0.403. The molecule has 0 bridgehead atoms. The van der Waals surface area contributed by atoms with Crippen LogP contribution < -0.4 is 24.3 Å². The summed E-state index contributed by atoms with van der Waals surface area (Å²) in [4.78, 5) is 13.8. The first-order valence-corrected chi connectivity index (χ1v) is 9.06. The van der Waals surface area contributed by atoms with Crippen LogP contribution in [0.25, 0.3) is 0 Å². The fraction of sp³-hybridized carbons (Fsp3) is 0.211. The Bertz CT molecular complexity index is 912. The van der Waals surface area contributed by atoms with E-state index < -0.39 is 0 Å². The smallest absolute Gasteiger partial charge is 0.231 e. The predicted octanol–water partition coefficient (Wildman–Crippen LogP) is 3.80. The molecule has 2 aromatic carbocycles. The molecule has 0 amide bonds. The first-order chi connectivity index (χ1) is 13.7. The minimum atomic E-state index is 0.403. The quantitative estimate of drug-likeness (QED) is 0.606. The number of aromatic nitrogens is 3. The van der Waals surface area contributed by atoms with Crippen LogP contribution in [0.2, 0.25) is 0 Å². The van der Waals surface area contributed by atoms with E-state index >= 15 is 0 Å². The van der Waals surface area contributed by atoms with Crippen molar-refractivity contribution in [3.05, 3.63) is 42.7 Å². The van der Waals surface area contributed by atoms with E-state index in [0.29, 0.717) is 34.0 Å². The van der Waals surface area contributed by atoms with Gasteiger partial charge >= 0.3 is 0 Å². The molecule has 146 valence electrons. The van der Waals surface area contributed by atoms with Crippen LogP contribution in [0.5, 0.6) is 23.0 Å². The van der Waals surface area contributed by atoms with Crippen LogP contribution in [0.15, 0.2) is 52.8 Å². The fourth-order valence-corrected chi connectivity index (χ4v) is 3.14. The van der Waals surface area contributed by atoms with Gasteiger partial charge in [-0.15, -0.1) is 0 Å². The summed E-state index contributed by atoms with van der Waals surface area (Å²) in [5.41, 5.74) is 0.695. The van der Waals surface area contributed by atoms with E-state index in [4.69, 9.17) is 18.9 Å². The van der Waals surface area contributed by atoms with Crippen molar-refractivity contribution < 1.29 is 18.9 Å². The highest BCUT2D eigenvalue weighted by atomic mass is 32.2. The lowest BCUT2D eigenvalue weighted by Gasteiger charge is -2.14. The van der Waals surface area contributed by atoms with E-state index in [1.54, 1.807) is 40.6 Å². The normalized spacial score (nSPS) is 10.3. The van der Waals surface area contributed by atoms with Crippen molar-refractivity contribution in [1.29, 1.82) is 0 Å². The Hall–Kier alpha value is -3.20. The Kier molecular flexibility index (Phi) is 6.38. The molecule has 0 aliphatic heterocycles. The zero-order chi connectivity index (χ0) is 19.9. The molecule has 1 N–H and O–H groups in total. The molecule has 0 saturated carbocycles. The largest absolute Gasteiger partial charge is 0.497 e. The Balaban J connectivity index is 1.80. The van der Waals surface area contributed by atoms with Gasteiger partial charge in [-0.1, -0.05) is 0 Å². The Morgan fingerprint density at radius 3 is 2.07 bits per heavy atom. The number of methoxy groups -OCH3 is 4. The standard InChI is InChI=1S/C19H20N4O4S/c1-24-13-5-7-14(8-6-13)28-19-21-11-20-18(23-19)22-12-9-15(25-2)17(27-4)16(10-12)26-3/h5-11H,1-4H3,(H,20,21,22,23). The Morgan fingerprint density at radius 2 is 1.50 bits per heavy atom. The van der Waals surface area contributed by atoms with E-state index in [1.807, 2.05) is 24.3 Å². The van der Waals surface area contributed by atoms with Gasteiger partial charge in [-0.25, -0.2) is 9.97 Å². The highest BCUT2D eigenvalue weighted by molar-refractivity contribution is 7.99. The Labute approximate surface area is 167 Å². The van der Waals surface area contributed by atoms with Gasteiger partial charge in [0.1, 0.15) is 12.1 Å². The maximum atomic E-state index is 5.37. The molecule has 8 nitrogen and oxygen atoms in total. The molecule has 3 rings (SSSR count). The van der Waals surface area contributed by atoms with Crippen molar-refractivity contribution in [1.82, 2.24) is 15.0 Å². The summed E-state index contributed by atoms with van der Waals surface area (Å²) in [6, 6.07) is 11.2. The number of nitrogens with one attached hydrogen (secondary N) is 1. The second-order valence-electron chi connectivity index (χ2n) is 5.41. The molecular formula is C19H20N4O4S. The van der Waals surface area contributed by atoms with Crippen molar-refractivity contribution in [2.75, 3.05) is 33.8 Å². The third kappa shape index (κ3) is 4.55. The lowest BCUT2D eigenvalue weighted by atomic mass is 10.2. The summed E-state index contributed by atoms with van der Waals surface area (Å²) in [5, 5.41) is 3.70. The van der Waals surface area contributed by atoms with Crippen molar-refractivity contribution in [2.45, 2.75) is 10.1 Å². The van der Waals surface area contributed by atoms with Gasteiger partial charge in [0, 0.05) is 22.7 Å². The van der Waals surface area contributed by atoms with E-state index in [1.165, 1.54) is 18.1 Å². The summed E-state index contributed by atoms with van der Waals surface area (Å²) in [6.45, 7) is 0. The first-order valence-electron chi connectivity index (χ1n) is 8.24. The summed E-state index contributed by atoms with van der Waals surface area (Å²) < 4.78 is 21.2. The van der Waals surface area contributed by atoms with Crippen molar-refractivity contribution >= 4 is 23.4 Å². The summed E-state index contributed by atoms with van der Waals surface area (Å²) in [5.74, 6) is 2.78. The zero-order valence-electron chi connectivity index (χ0n) is 15.9. The van der Waals surface area contributed by atoms with E-state index in [9.17, 15) is 0 Å². The highest BCUT2D eigenvalue weighted by Crippen LogP contribution is 2.40. The molecule has 28 heavy (non-hydrogen) atoms. The maximum absolute atomic E-state index is 5.37. The summed E-state index contributed by atoms with van der Waals surface area (Å²) in [6.07, 6.45) is 1.46. The molecule has 0 aliphatic rings. The number of ether oxygens (including phenoxy) is 4. The van der Waals surface area contributed by atoms with Gasteiger partial charge in [0.2, 0.25) is 11.7 Å². The third-order valence-electron chi connectivity index (χ3n) is 3.74. The number of hydrogen-bond donors (Lipinski definition) is 1. The van der Waals surface area contributed by atoms with Crippen LogP contribution >= 0.6 is 11.8 Å². The van der Waals surface area contributed by atoms with Crippen molar-refractivity contribution in [2.24, 2.45) is 0 Å². The van der Waals surface area contributed by atoms with Gasteiger partial charge in [-0.2, -0.15) is 4.98 Å². The van der Waals surface area contributed by atoms with Gasteiger partial charge in [-0.3, -0.25) is 0 Å². The second kappa shape index (κ2) is 9.14. The van der Waals surface area contributed by atoms with E-state index in [-0.39, 0.29) is 0 Å². The molecule has 0 radical (unpaired) electrons. The average molecular weight is 400 g/mol. The maximum Gasteiger partial charge on any atom is 0.231 e. The van der Waals surface area contributed by atoms with E-state index in [0.717, 1.165) is 10.6 Å². The Morgan fingerprint density at radius 1 is 0.821 bits per heavy atom. The number of anilines is 2. The van der Waals surface area contributed by atoms with Crippen molar-refractivity contribution in [3.8, 4) is 23.0 Å². The molecule has 0 aliphatic carbocycles. The lowest BCUT2D eigenvalue weighted by Crippen LogP contribution is -2.01. The second-order valence-corrected chi connectivity index (χ2v) is 6.45. The fourth-order valence-electron chi connectivity index (χ4n) is 2.42. The monoisotopic (exact) mass is 400 g/mol. The lowest BCUT2D eigenvalue weighted by molar-refractivity contribution is 0.324. The number of benzene rings is 2. The van der Waals surface area contributed by atoms with Gasteiger partial charge < -0.3 is 24.3 Å². The van der Waals surface area contributed by atoms with E-state index in [2.05, 4.69) is 20.3 Å². The van der Waals surface area contributed by atoms with Crippen LogP contribution in [-0.4, -0.2) is 43.4 Å². The van der Waals surface area contributed by atoms with Gasteiger partial charge in [-0.05, 0) is 36.0 Å². The SMILES string of the molecule is COc1ccc(Sc2ncnc(Nc3cc(OC)c(OC)c(OC)c3)n2)cc1. The van der Waals surface area contributed by atoms with Gasteiger partial charge in [0.15, 0.2) is 16.7 Å². The molecule has 3 aromatic rings. The molecule has 0 spiro atoms. The predicted molar refractivity (Wildman–Crippen MR) is 106 cm³/mol. The molecule has 0 fully saturated rings. The minimum Gasteiger partial charge on any atom is -0.497 e. The third-order valence-corrected chi connectivity index (χ3v) is 4.63. The van der Waals surface area contributed by atoms with Gasteiger partial charge in [0.25, 0.3) is 0 Å². The summed E-state index contributed by atoms with van der Waals surface area (Å²) >= 11 is 1.43. The molecule has 1 heterocycles. The average Bonchev–Trinajstić information content (AvgIpc) is 2.73. The van der Waals surface area contributed by atoms with Crippen LogP contribution in [0.1, 0.15) is 0 Å².